The molecule has 0 aromatic rings. The van der Waals surface area contributed by atoms with E-state index in [1.54, 1.807) is 0 Å². The molecule has 0 saturated carbocycles. The summed E-state index contributed by atoms with van der Waals surface area (Å²) in [6.07, 6.45) is 3.98. The van der Waals surface area contributed by atoms with Gasteiger partial charge in [0.15, 0.2) is 0 Å². The summed E-state index contributed by atoms with van der Waals surface area (Å²) >= 11 is 0. The van der Waals surface area contributed by atoms with Crippen molar-refractivity contribution in [2.24, 2.45) is 4.99 Å². The standard InChI is InChI=1S/C6H10N4/c1-2-9-10(5-1)6-7-3-4-8-6/h1-2,9H,3-5H2,(H,7,8). The van der Waals surface area contributed by atoms with E-state index in [1.807, 2.05) is 11.2 Å². The molecule has 0 fully saturated rings. The second-order valence-corrected chi connectivity index (χ2v) is 2.27. The van der Waals surface area contributed by atoms with Crippen molar-refractivity contribution in [3.8, 4) is 0 Å². The smallest absolute Gasteiger partial charge is 0.213 e. The summed E-state index contributed by atoms with van der Waals surface area (Å²) in [5.74, 6) is 0.963. The minimum Gasteiger partial charge on any atom is -0.353 e. The lowest BCUT2D eigenvalue weighted by molar-refractivity contribution is 0.411. The molecule has 0 saturated heterocycles. The van der Waals surface area contributed by atoms with Gasteiger partial charge in [-0.1, -0.05) is 0 Å². The summed E-state index contributed by atoms with van der Waals surface area (Å²) in [6, 6.07) is 0. The first-order valence-corrected chi connectivity index (χ1v) is 3.44. The Hall–Kier alpha value is -1.19. The highest BCUT2D eigenvalue weighted by Gasteiger charge is 2.13. The van der Waals surface area contributed by atoms with Gasteiger partial charge in [-0.05, 0) is 6.08 Å². The number of nitrogens with zero attached hydrogens (tertiary/aromatic N) is 2. The lowest BCUT2D eigenvalue weighted by Gasteiger charge is -2.17. The summed E-state index contributed by atoms with van der Waals surface area (Å²) in [4.78, 5) is 4.25. The van der Waals surface area contributed by atoms with Crippen LogP contribution in [0.2, 0.25) is 0 Å². The molecule has 0 atom stereocenters. The molecule has 4 nitrogen and oxygen atoms in total. The molecule has 0 bridgehead atoms. The fourth-order valence-electron chi connectivity index (χ4n) is 1.07. The molecule has 0 aromatic carbocycles. The predicted molar refractivity (Wildman–Crippen MR) is 39.3 cm³/mol. The molecule has 0 spiro atoms. The van der Waals surface area contributed by atoms with Gasteiger partial charge in [-0.2, -0.15) is 0 Å². The van der Waals surface area contributed by atoms with Crippen molar-refractivity contribution >= 4 is 5.96 Å². The maximum Gasteiger partial charge on any atom is 0.213 e. The molecule has 0 radical (unpaired) electrons. The van der Waals surface area contributed by atoms with Gasteiger partial charge in [-0.25, -0.2) is 4.99 Å². The van der Waals surface area contributed by atoms with Crippen LogP contribution in [0.3, 0.4) is 0 Å². The first-order valence-electron chi connectivity index (χ1n) is 3.44. The van der Waals surface area contributed by atoms with E-state index in [4.69, 9.17) is 0 Å². The minimum absolute atomic E-state index is 0.896. The zero-order valence-electron chi connectivity index (χ0n) is 5.67. The van der Waals surface area contributed by atoms with E-state index in [1.165, 1.54) is 0 Å². The monoisotopic (exact) mass is 138 g/mol. The van der Waals surface area contributed by atoms with Gasteiger partial charge in [0.05, 0.1) is 13.1 Å². The summed E-state index contributed by atoms with van der Waals surface area (Å²) in [5.41, 5.74) is 3.06. The second-order valence-electron chi connectivity index (χ2n) is 2.27. The molecule has 0 amide bonds. The maximum atomic E-state index is 4.25. The van der Waals surface area contributed by atoms with Crippen molar-refractivity contribution in [1.82, 2.24) is 15.8 Å². The summed E-state index contributed by atoms with van der Waals surface area (Å²) < 4.78 is 0. The lowest BCUT2D eigenvalue weighted by atomic mass is 10.6. The third kappa shape index (κ3) is 0.814. The van der Waals surface area contributed by atoms with Crippen molar-refractivity contribution in [2.45, 2.75) is 0 Å². The van der Waals surface area contributed by atoms with E-state index in [2.05, 4.69) is 21.8 Å². The molecule has 54 valence electrons. The van der Waals surface area contributed by atoms with Gasteiger partial charge in [0.25, 0.3) is 0 Å². The summed E-state index contributed by atoms with van der Waals surface area (Å²) in [7, 11) is 0. The van der Waals surface area contributed by atoms with E-state index < -0.39 is 0 Å². The van der Waals surface area contributed by atoms with Crippen LogP contribution in [0.4, 0.5) is 0 Å². The maximum absolute atomic E-state index is 4.25. The first kappa shape index (κ1) is 5.58. The van der Waals surface area contributed by atoms with Gasteiger partial charge in [0.1, 0.15) is 0 Å². The Morgan fingerprint density at radius 1 is 1.60 bits per heavy atom. The largest absolute Gasteiger partial charge is 0.353 e. The van der Waals surface area contributed by atoms with E-state index in [9.17, 15) is 0 Å². The van der Waals surface area contributed by atoms with Crippen LogP contribution in [0.15, 0.2) is 17.3 Å². The Labute approximate surface area is 59.6 Å². The number of nitrogens with one attached hydrogen (secondary N) is 2. The highest BCUT2D eigenvalue weighted by atomic mass is 15.6. The SMILES string of the molecule is C1=CNN(C2=NCCN2)C1. The van der Waals surface area contributed by atoms with Gasteiger partial charge in [-0.15, -0.1) is 0 Å². The highest BCUT2D eigenvalue weighted by molar-refractivity contribution is 5.81. The molecule has 10 heavy (non-hydrogen) atoms. The molecular formula is C6H10N4. The molecule has 4 heteroatoms. The zero-order valence-corrected chi connectivity index (χ0v) is 5.67. The molecule has 2 rings (SSSR count). The van der Waals surface area contributed by atoms with Crippen molar-refractivity contribution in [3.05, 3.63) is 12.3 Å². The third-order valence-corrected chi connectivity index (χ3v) is 1.55. The predicted octanol–water partition coefficient (Wildman–Crippen LogP) is -0.721. The van der Waals surface area contributed by atoms with Crippen molar-refractivity contribution < 1.29 is 0 Å². The number of hydrogen-bond acceptors (Lipinski definition) is 4. The van der Waals surface area contributed by atoms with Crippen LogP contribution in [0.5, 0.6) is 0 Å². The van der Waals surface area contributed by atoms with E-state index in [0.717, 1.165) is 25.6 Å². The van der Waals surface area contributed by atoms with Crippen LogP contribution in [-0.2, 0) is 0 Å². The Bertz CT molecular complexity index is 176. The Morgan fingerprint density at radius 2 is 2.60 bits per heavy atom. The van der Waals surface area contributed by atoms with Crippen molar-refractivity contribution in [2.75, 3.05) is 19.6 Å². The Morgan fingerprint density at radius 3 is 3.20 bits per heavy atom. The van der Waals surface area contributed by atoms with Gasteiger partial charge in [0, 0.05) is 12.7 Å². The number of aliphatic imine (C=N–C) groups is 1. The van der Waals surface area contributed by atoms with E-state index >= 15 is 0 Å². The van der Waals surface area contributed by atoms with Crippen molar-refractivity contribution in [1.29, 1.82) is 0 Å². The van der Waals surface area contributed by atoms with E-state index in [-0.39, 0.29) is 0 Å². The number of hydrogen-bond donors (Lipinski definition) is 2. The molecule has 0 unspecified atom stereocenters. The fraction of sp³-hybridized carbons (Fsp3) is 0.500. The first-order chi connectivity index (χ1) is 4.97. The van der Waals surface area contributed by atoms with Gasteiger partial charge in [0.2, 0.25) is 5.96 Å². The lowest BCUT2D eigenvalue weighted by Crippen LogP contribution is -2.42. The van der Waals surface area contributed by atoms with Crippen LogP contribution in [-0.4, -0.2) is 30.6 Å². The quantitative estimate of drug-likeness (QED) is 0.464. The van der Waals surface area contributed by atoms with Crippen LogP contribution >= 0.6 is 0 Å². The molecule has 2 heterocycles. The summed E-state index contributed by atoms with van der Waals surface area (Å²) in [5, 5.41) is 5.15. The molecular weight excluding hydrogens is 128 g/mol. The molecule has 2 aliphatic heterocycles. The highest BCUT2D eigenvalue weighted by Crippen LogP contribution is 1.96. The van der Waals surface area contributed by atoms with Crippen molar-refractivity contribution in [3.63, 3.8) is 0 Å². The fourth-order valence-corrected chi connectivity index (χ4v) is 1.07. The van der Waals surface area contributed by atoms with Crippen LogP contribution in [0.25, 0.3) is 0 Å². The Balaban J connectivity index is 1.99. The molecule has 0 aromatic heterocycles. The minimum atomic E-state index is 0.896. The van der Waals surface area contributed by atoms with Crippen LogP contribution in [0, 0.1) is 0 Å². The van der Waals surface area contributed by atoms with Gasteiger partial charge >= 0.3 is 0 Å². The van der Waals surface area contributed by atoms with Gasteiger partial charge < -0.3 is 10.7 Å². The summed E-state index contributed by atoms with van der Waals surface area (Å²) in [6.45, 7) is 2.77. The third-order valence-electron chi connectivity index (χ3n) is 1.55. The van der Waals surface area contributed by atoms with E-state index in [0.29, 0.717) is 0 Å². The Kier molecular flexibility index (Phi) is 1.23. The van der Waals surface area contributed by atoms with Crippen LogP contribution < -0.4 is 10.7 Å². The number of hydrazine groups is 1. The average Bonchev–Trinajstić information content (AvgIpc) is 2.59. The second kappa shape index (κ2) is 2.21. The van der Waals surface area contributed by atoms with Gasteiger partial charge in [-0.3, -0.25) is 5.01 Å². The average molecular weight is 138 g/mol. The number of guanidine groups is 1. The zero-order chi connectivity index (χ0) is 6.81. The number of rotatable bonds is 0. The molecule has 2 aliphatic rings. The van der Waals surface area contributed by atoms with Crippen LogP contribution in [0.1, 0.15) is 0 Å². The molecule has 2 N–H and O–H groups in total. The normalized spacial score (nSPS) is 22.4. The molecule has 0 aliphatic carbocycles. The topological polar surface area (TPSA) is 39.7 Å².